The molecule has 0 aromatic rings. The molecule has 1 radical (unpaired) electrons. The monoisotopic (exact) mass is 163 g/mol. The maximum absolute atomic E-state index is 9.03. The van der Waals surface area contributed by atoms with E-state index in [0.29, 0.717) is 0 Å². The van der Waals surface area contributed by atoms with Crippen LogP contribution in [0.2, 0.25) is 0 Å². The van der Waals surface area contributed by atoms with E-state index in [1.807, 2.05) is 0 Å². The molecule has 0 amide bonds. The second-order valence-electron chi connectivity index (χ2n) is 2.44. The van der Waals surface area contributed by atoms with Gasteiger partial charge in [-0.1, -0.05) is 0 Å². The molecule has 1 aliphatic heterocycles. The SMILES string of the molecule is OC[C@@H]1OC[C@H](O)[C@H](O)[C]1O. The Balaban J connectivity index is 2.52. The van der Waals surface area contributed by atoms with Crippen LogP contribution >= 0.6 is 0 Å². The van der Waals surface area contributed by atoms with Gasteiger partial charge < -0.3 is 25.2 Å². The van der Waals surface area contributed by atoms with Gasteiger partial charge in [-0.15, -0.1) is 0 Å². The maximum atomic E-state index is 9.03. The van der Waals surface area contributed by atoms with Crippen LogP contribution in [-0.2, 0) is 4.74 Å². The average Bonchev–Trinajstić information content (AvgIpc) is 2.01. The number of hydrogen-bond acceptors (Lipinski definition) is 5. The van der Waals surface area contributed by atoms with Crippen molar-refractivity contribution >= 4 is 0 Å². The fourth-order valence-corrected chi connectivity index (χ4v) is 0.925. The number of ether oxygens (including phenoxy) is 1. The fraction of sp³-hybridized carbons (Fsp3) is 0.833. The van der Waals surface area contributed by atoms with E-state index < -0.39 is 31.0 Å². The minimum atomic E-state index is -1.30. The molecule has 0 aromatic heterocycles. The summed E-state index contributed by atoms with van der Waals surface area (Å²) in [6.07, 6.45) is -3.68. The number of hydrogen-bond donors (Lipinski definition) is 4. The van der Waals surface area contributed by atoms with Crippen LogP contribution in [0.3, 0.4) is 0 Å². The highest BCUT2D eigenvalue weighted by Gasteiger charge is 2.37. The number of rotatable bonds is 1. The van der Waals surface area contributed by atoms with Gasteiger partial charge in [0.15, 0.2) is 6.10 Å². The van der Waals surface area contributed by atoms with Crippen LogP contribution < -0.4 is 0 Å². The van der Waals surface area contributed by atoms with Crippen molar-refractivity contribution in [3.63, 3.8) is 0 Å². The summed E-state index contributed by atoms with van der Waals surface area (Å²) in [5.74, 6) is 0. The summed E-state index contributed by atoms with van der Waals surface area (Å²) in [5.41, 5.74) is 0. The van der Waals surface area contributed by atoms with Crippen LogP contribution in [0, 0.1) is 6.10 Å². The van der Waals surface area contributed by atoms with Gasteiger partial charge in [-0.25, -0.2) is 0 Å². The van der Waals surface area contributed by atoms with Crippen molar-refractivity contribution < 1.29 is 25.2 Å². The van der Waals surface area contributed by atoms with Crippen molar-refractivity contribution in [1.82, 2.24) is 0 Å². The van der Waals surface area contributed by atoms with E-state index in [0.717, 1.165) is 0 Å². The Bertz CT molecular complexity index is 126. The molecule has 0 aromatic carbocycles. The highest BCUT2D eigenvalue weighted by Crippen LogP contribution is 2.20. The van der Waals surface area contributed by atoms with Crippen LogP contribution in [0.5, 0.6) is 0 Å². The first-order valence-corrected chi connectivity index (χ1v) is 3.31. The van der Waals surface area contributed by atoms with Crippen molar-refractivity contribution in [1.29, 1.82) is 0 Å². The molecule has 0 unspecified atom stereocenters. The highest BCUT2D eigenvalue weighted by atomic mass is 16.5. The Hall–Kier alpha value is -0.200. The molecular formula is C6H11O5. The second-order valence-corrected chi connectivity index (χ2v) is 2.44. The molecule has 1 heterocycles. The normalized spacial score (nSPS) is 40.9. The lowest BCUT2D eigenvalue weighted by molar-refractivity contribution is -0.150. The topological polar surface area (TPSA) is 90.2 Å². The van der Waals surface area contributed by atoms with Crippen LogP contribution in [0.25, 0.3) is 0 Å². The van der Waals surface area contributed by atoms with E-state index in [2.05, 4.69) is 0 Å². The van der Waals surface area contributed by atoms with Crippen LogP contribution in [-0.4, -0.2) is 52.0 Å². The average molecular weight is 163 g/mol. The van der Waals surface area contributed by atoms with Gasteiger partial charge in [0.05, 0.1) is 13.2 Å². The zero-order chi connectivity index (χ0) is 8.43. The summed E-state index contributed by atoms with van der Waals surface area (Å²) in [5, 5.41) is 35.5. The van der Waals surface area contributed by atoms with Crippen LogP contribution in [0.15, 0.2) is 0 Å². The lowest BCUT2D eigenvalue weighted by atomic mass is 10.0. The first kappa shape index (κ1) is 8.89. The van der Waals surface area contributed by atoms with Gasteiger partial charge in [-0.3, -0.25) is 0 Å². The molecule has 1 saturated heterocycles. The third-order valence-corrected chi connectivity index (χ3v) is 1.63. The van der Waals surface area contributed by atoms with Gasteiger partial charge >= 0.3 is 0 Å². The summed E-state index contributed by atoms with van der Waals surface area (Å²) >= 11 is 0. The number of aliphatic hydroxyl groups excluding tert-OH is 4. The maximum Gasteiger partial charge on any atom is 0.155 e. The third-order valence-electron chi connectivity index (χ3n) is 1.63. The zero-order valence-electron chi connectivity index (χ0n) is 5.84. The van der Waals surface area contributed by atoms with Gasteiger partial charge in [-0.05, 0) is 0 Å². The van der Waals surface area contributed by atoms with Crippen molar-refractivity contribution in [2.75, 3.05) is 13.2 Å². The molecule has 0 aliphatic carbocycles. The summed E-state index contributed by atoms with van der Waals surface area (Å²) in [6.45, 7) is -0.466. The fourth-order valence-electron chi connectivity index (χ4n) is 0.925. The molecule has 0 saturated carbocycles. The standard InChI is InChI=1S/C6H11O5/c7-1-4-6(10)5(9)3(8)2-11-4/h3-5,7-10H,1-2H2/t3-,4-,5-/m0/s1. The van der Waals surface area contributed by atoms with E-state index in [4.69, 9.17) is 25.2 Å². The molecule has 1 aliphatic rings. The van der Waals surface area contributed by atoms with E-state index in [9.17, 15) is 0 Å². The molecule has 0 bridgehead atoms. The van der Waals surface area contributed by atoms with Crippen molar-refractivity contribution in [3.05, 3.63) is 6.10 Å². The molecule has 1 rings (SSSR count). The Morgan fingerprint density at radius 3 is 2.64 bits per heavy atom. The molecule has 3 atom stereocenters. The highest BCUT2D eigenvalue weighted by molar-refractivity contribution is 5.00. The lowest BCUT2D eigenvalue weighted by Gasteiger charge is -2.33. The van der Waals surface area contributed by atoms with Gasteiger partial charge in [0, 0.05) is 0 Å². The molecule has 11 heavy (non-hydrogen) atoms. The minimum absolute atomic E-state index is 0.0730. The summed E-state index contributed by atoms with van der Waals surface area (Å²) in [4.78, 5) is 0. The van der Waals surface area contributed by atoms with Crippen molar-refractivity contribution in [2.45, 2.75) is 18.3 Å². The van der Waals surface area contributed by atoms with E-state index in [1.54, 1.807) is 0 Å². The van der Waals surface area contributed by atoms with Crippen molar-refractivity contribution in [2.24, 2.45) is 0 Å². The van der Waals surface area contributed by atoms with Crippen LogP contribution in [0.4, 0.5) is 0 Å². The van der Waals surface area contributed by atoms with Gasteiger partial charge in [0.25, 0.3) is 0 Å². The Kier molecular flexibility index (Phi) is 2.80. The smallest absolute Gasteiger partial charge is 0.155 e. The molecular weight excluding hydrogens is 152 g/mol. The first-order valence-electron chi connectivity index (χ1n) is 3.31. The Morgan fingerprint density at radius 2 is 2.09 bits per heavy atom. The predicted octanol–water partition coefficient (Wildman–Crippen LogP) is -2.00. The quantitative estimate of drug-likeness (QED) is 0.359. The largest absolute Gasteiger partial charge is 0.394 e. The molecule has 0 spiro atoms. The van der Waals surface area contributed by atoms with Crippen molar-refractivity contribution in [3.8, 4) is 0 Å². The third kappa shape index (κ3) is 1.69. The summed E-state index contributed by atoms with van der Waals surface area (Å²) < 4.78 is 4.78. The first-order chi connectivity index (χ1) is 5.16. The zero-order valence-corrected chi connectivity index (χ0v) is 5.84. The Morgan fingerprint density at radius 1 is 1.45 bits per heavy atom. The van der Waals surface area contributed by atoms with E-state index >= 15 is 0 Å². The molecule has 4 N–H and O–H groups in total. The van der Waals surface area contributed by atoms with Gasteiger partial charge in [0.1, 0.15) is 18.3 Å². The van der Waals surface area contributed by atoms with E-state index in [-0.39, 0.29) is 6.61 Å². The Labute approximate surface area is 63.8 Å². The van der Waals surface area contributed by atoms with Gasteiger partial charge in [-0.2, -0.15) is 0 Å². The molecule has 1 fully saturated rings. The van der Waals surface area contributed by atoms with E-state index in [1.165, 1.54) is 0 Å². The molecule has 65 valence electrons. The minimum Gasteiger partial charge on any atom is -0.394 e. The summed E-state index contributed by atoms with van der Waals surface area (Å²) in [6, 6.07) is 0. The van der Waals surface area contributed by atoms with Gasteiger partial charge in [0.2, 0.25) is 0 Å². The number of aliphatic hydroxyl groups is 4. The second kappa shape index (κ2) is 3.46. The predicted molar refractivity (Wildman–Crippen MR) is 34.0 cm³/mol. The lowest BCUT2D eigenvalue weighted by Crippen LogP contribution is -2.49. The summed E-state index contributed by atoms with van der Waals surface area (Å²) in [7, 11) is 0. The van der Waals surface area contributed by atoms with Crippen LogP contribution in [0.1, 0.15) is 0 Å². The molecule has 5 nitrogen and oxygen atoms in total. The molecule has 5 heteroatoms.